The molecule has 4 aromatic rings. The van der Waals surface area contributed by atoms with Crippen molar-refractivity contribution in [1.29, 1.82) is 5.26 Å². The van der Waals surface area contributed by atoms with Crippen LogP contribution in [-0.4, -0.2) is 21.5 Å². The van der Waals surface area contributed by atoms with Crippen LogP contribution in [0.5, 0.6) is 11.6 Å². The predicted molar refractivity (Wildman–Crippen MR) is 122 cm³/mol. The number of hydrogen-bond acceptors (Lipinski definition) is 7. The number of aryl methyl sites for hydroxylation is 1. The molecule has 31 heavy (non-hydrogen) atoms. The average molecular weight is 410 g/mol. The number of benzene rings is 2. The van der Waals surface area contributed by atoms with Gasteiger partial charge < -0.3 is 15.8 Å². The van der Waals surface area contributed by atoms with Crippen molar-refractivity contribution >= 4 is 22.4 Å². The van der Waals surface area contributed by atoms with E-state index in [2.05, 4.69) is 32.4 Å². The van der Waals surface area contributed by atoms with Crippen molar-refractivity contribution in [1.82, 2.24) is 15.0 Å². The molecule has 0 amide bonds. The molecule has 2 aromatic heterocycles. The van der Waals surface area contributed by atoms with Crippen LogP contribution in [0, 0.1) is 24.2 Å². The van der Waals surface area contributed by atoms with E-state index in [4.69, 9.17) is 15.7 Å². The van der Waals surface area contributed by atoms with E-state index in [1.54, 1.807) is 18.5 Å². The number of aromatic nitrogens is 3. The molecule has 0 radical (unpaired) electrons. The van der Waals surface area contributed by atoms with Crippen molar-refractivity contribution in [2.45, 2.75) is 13.8 Å². The lowest BCUT2D eigenvalue weighted by atomic mass is 10.0. The standard InChI is InChI=1S/C24H22N6O/c1-15(13-25)14-29-20-7-3-5-18-17(20)9-8-16(2)22(18)31-23-19(6-4-11-27-23)21-10-12-28-24(26)30-21/h3-12,15,29H,14H2,1-2H3,(H2,26,28,30)/t15-/m0/s1. The third-order valence-corrected chi connectivity index (χ3v) is 4.95. The Morgan fingerprint density at radius 2 is 1.94 bits per heavy atom. The summed E-state index contributed by atoms with van der Waals surface area (Å²) in [7, 11) is 0. The number of fused-ring (bicyclic) bond motifs is 1. The maximum atomic E-state index is 9.07. The Morgan fingerprint density at radius 3 is 2.74 bits per heavy atom. The van der Waals surface area contributed by atoms with Crippen LogP contribution in [0.4, 0.5) is 11.6 Å². The summed E-state index contributed by atoms with van der Waals surface area (Å²) in [6, 6.07) is 17.8. The van der Waals surface area contributed by atoms with E-state index < -0.39 is 0 Å². The second-order valence-electron chi connectivity index (χ2n) is 7.28. The van der Waals surface area contributed by atoms with Gasteiger partial charge in [0, 0.05) is 35.4 Å². The van der Waals surface area contributed by atoms with E-state index in [1.807, 2.05) is 50.2 Å². The quantitative estimate of drug-likeness (QED) is 0.463. The van der Waals surface area contributed by atoms with Crippen molar-refractivity contribution < 1.29 is 4.74 Å². The molecule has 7 heteroatoms. The summed E-state index contributed by atoms with van der Waals surface area (Å²) in [6.07, 6.45) is 3.29. The van der Waals surface area contributed by atoms with Crippen molar-refractivity contribution in [3.63, 3.8) is 0 Å². The molecule has 3 N–H and O–H groups in total. The molecule has 7 nitrogen and oxygen atoms in total. The average Bonchev–Trinajstić information content (AvgIpc) is 2.79. The van der Waals surface area contributed by atoms with Crippen LogP contribution in [0.1, 0.15) is 12.5 Å². The molecule has 0 aliphatic rings. The number of anilines is 2. The molecule has 0 fully saturated rings. The number of ether oxygens (including phenoxy) is 1. The molecular weight excluding hydrogens is 388 g/mol. The minimum absolute atomic E-state index is 0.0900. The Kier molecular flexibility index (Phi) is 5.63. The Bertz CT molecular complexity index is 1280. The maximum Gasteiger partial charge on any atom is 0.228 e. The van der Waals surface area contributed by atoms with E-state index in [1.165, 1.54) is 0 Å². The largest absolute Gasteiger partial charge is 0.437 e. The Labute approximate surface area is 180 Å². The van der Waals surface area contributed by atoms with Crippen LogP contribution in [-0.2, 0) is 0 Å². The summed E-state index contributed by atoms with van der Waals surface area (Å²) in [4.78, 5) is 12.7. The van der Waals surface area contributed by atoms with E-state index >= 15 is 0 Å². The first-order chi connectivity index (χ1) is 15.1. The second-order valence-corrected chi connectivity index (χ2v) is 7.28. The number of rotatable bonds is 6. The number of pyridine rings is 1. The summed E-state index contributed by atoms with van der Waals surface area (Å²) in [5.41, 5.74) is 9.06. The van der Waals surface area contributed by atoms with Gasteiger partial charge in [-0.1, -0.05) is 24.3 Å². The fourth-order valence-electron chi connectivity index (χ4n) is 3.33. The minimum Gasteiger partial charge on any atom is -0.437 e. The first-order valence-electron chi connectivity index (χ1n) is 9.94. The van der Waals surface area contributed by atoms with E-state index in [9.17, 15) is 0 Å². The van der Waals surface area contributed by atoms with Gasteiger partial charge in [-0.15, -0.1) is 0 Å². The number of nitrogens with one attached hydrogen (secondary N) is 1. The van der Waals surface area contributed by atoms with Crippen LogP contribution in [0.3, 0.4) is 0 Å². The van der Waals surface area contributed by atoms with Crippen LogP contribution in [0.2, 0.25) is 0 Å². The third-order valence-electron chi connectivity index (χ3n) is 4.95. The molecule has 154 valence electrons. The normalized spacial score (nSPS) is 11.6. The molecule has 2 aromatic carbocycles. The topological polar surface area (TPSA) is 110 Å². The summed E-state index contributed by atoms with van der Waals surface area (Å²) >= 11 is 0. The van der Waals surface area contributed by atoms with Gasteiger partial charge in [0.15, 0.2) is 0 Å². The Morgan fingerprint density at radius 1 is 1.06 bits per heavy atom. The number of hydrogen-bond donors (Lipinski definition) is 2. The van der Waals surface area contributed by atoms with Crippen LogP contribution in [0.15, 0.2) is 60.9 Å². The molecule has 4 rings (SSSR count). The van der Waals surface area contributed by atoms with Crippen molar-refractivity contribution in [3.8, 4) is 29.0 Å². The molecule has 2 heterocycles. The first kappa shape index (κ1) is 20.1. The molecule has 0 aliphatic carbocycles. The monoisotopic (exact) mass is 410 g/mol. The molecule has 1 atom stereocenters. The molecule has 0 saturated heterocycles. The zero-order valence-corrected chi connectivity index (χ0v) is 17.3. The van der Waals surface area contributed by atoms with Gasteiger partial charge in [-0.2, -0.15) is 5.26 Å². The number of nitrogen functional groups attached to an aromatic ring is 1. The van der Waals surface area contributed by atoms with Gasteiger partial charge in [-0.05, 0) is 43.7 Å². The summed E-state index contributed by atoms with van der Waals surface area (Å²) in [5, 5.41) is 14.4. The van der Waals surface area contributed by atoms with Crippen LogP contribution in [0.25, 0.3) is 22.0 Å². The van der Waals surface area contributed by atoms with Crippen molar-refractivity contribution in [2.24, 2.45) is 5.92 Å². The van der Waals surface area contributed by atoms with Gasteiger partial charge in [0.1, 0.15) is 5.75 Å². The van der Waals surface area contributed by atoms with E-state index in [0.717, 1.165) is 33.3 Å². The smallest absolute Gasteiger partial charge is 0.228 e. The second kappa shape index (κ2) is 8.67. The van der Waals surface area contributed by atoms with Gasteiger partial charge in [-0.3, -0.25) is 0 Å². The van der Waals surface area contributed by atoms with Crippen LogP contribution < -0.4 is 15.8 Å². The van der Waals surface area contributed by atoms with Crippen molar-refractivity contribution in [2.75, 3.05) is 17.6 Å². The Balaban J connectivity index is 1.76. The SMILES string of the molecule is Cc1ccc2c(NC[C@@H](C)C#N)cccc2c1Oc1ncccc1-c1ccnc(N)n1. The van der Waals surface area contributed by atoms with Crippen molar-refractivity contribution in [3.05, 3.63) is 66.5 Å². The molecule has 0 spiro atoms. The van der Waals surface area contributed by atoms with Gasteiger partial charge in [0.05, 0.1) is 23.2 Å². The summed E-state index contributed by atoms with van der Waals surface area (Å²) in [5.74, 6) is 1.26. The van der Waals surface area contributed by atoms with E-state index in [0.29, 0.717) is 18.1 Å². The highest BCUT2D eigenvalue weighted by Crippen LogP contribution is 2.38. The highest BCUT2D eigenvalue weighted by atomic mass is 16.5. The van der Waals surface area contributed by atoms with E-state index in [-0.39, 0.29) is 11.9 Å². The summed E-state index contributed by atoms with van der Waals surface area (Å²) in [6.45, 7) is 4.45. The van der Waals surface area contributed by atoms with Gasteiger partial charge >= 0.3 is 0 Å². The maximum absolute atomic E-state index is 9.07. The minimum atomic E-state index is -0.0900. The van der Waals surface area contributed by atoms with Crippen LogP contribution >= 0.6 is 0 Å². The lowest BCUT2D eigenvalue weighted by Gasteiger charge is -2.16. The highest BCUT2D eigenvalue weighted by molar-refractivity contribution is 5.98. The first-order valence-corrected chi connectivity index (χ1v) is 9.94. The number of nitrogens with two attached hydrogens (primary N) is 1. The zero-order chi connectivity index (χ0) is 21.8. The summed E-state index contributed by atoms with van der Waals surface area (Å²) < 4.78 is 6.36. The molecular formula is C24H22N6O. The lowest BCUT2D eigenvalue weighted by molar-refractivity contribution is 0.466. The fraction of sp³-hybridized carbons (Fsp3) is 0.167. The highest BCUT2D eigenvalue weighted by Gasteiger charge is 2.15. The number of nitrogens with zero attached hydrogens (tertiary/aromatic N) is 4. The molecule has 0 saturated carbocycles. The van der Waals surface area contributed by atoms with Gasteiger partial charge in [0.25, 0.3) is 0 Å². The third kappa shape index (κ3) is 4.23. The van der Waals surface area contributed by atoms with Gasteiger partial charge in [-0.25, -0.2) is 15.0 Å². The molecule has 0 bridgehead atoms. The molecule has 0 unspecified atom stereocenters. The predicted octanol–water partition coefficient (Wildman–Crippen LogP) is 4.95. The zero-order valence-electron chi connectivity index (χ0n) is 17.3. The Hall–Kier alpha value is -4.18. The molecule has 0 aliphatic heterocycles. The lowest BCUT2D eigenvalue weighted by Crippen LogP contribution is -2.09. The fourth-order valence-corrected chi connectivity index (χ4v) is 3.33. The van der Waals surface area contributed by atoms with Gasteiger partial charge in [0.2, 0.25) is 11.8 Å². The number of nitriles is 1.